The summed E-state index contributed by atoms with van der Waals surface area (Å²) in [6.45, 7) is 0.602. The molecule has 0 aliphatic heterocycles. The first-order chi connectivity index (χ1) is 8.70. The van der Waals surface area contributed by atoms with Gasteiger partial charge in [-0.05, 0) is 17.7 Å². The van der Waals surface area contributed by atoms with Gasteiger partial charge < -0.3 is 21.5 Å². The number of benzene rings is 1. The fraction of sp³-hybridized carbons (Fsp3) is 0.167. The number of hydrogen-bond acceptors (Lipinski definition) is 6. The molecule has 1 aromatic carbocycles. The zero-order valence-electron chi connectivity index (χ0n) is 10.1. The number of methoxy groups -OCH3 is 1. The van der Waals surface area contributed by atoms with Gasteiger partial charge in [0.05, 0.1) is 7.11 Å². The molecule has 94 valence electrons. The van der Waals surface area contributed by atoms with Gasteiger partial charge in [-0.3, -0.25) is 0 Å². The molecule has 0 atom stereocenters. The summed E-state index contributed by atoms with van der Waals surface area (Å²) < 4.78 is 5.09. The van der Waals surface area contributed by atoms with Crippen LogP contribution in [0.25, 0.3) is 0 Å². The van der Waals surface area contributed by atoms with Crippen molar-refractivity contribution in [1.29, 1.82) is 0 Å². The highest BCUT2D eigenvalue weighted by Crippen LogP contribution is 2.20. The Balaban J connectivity index is 2.04. The summed E-state index contributed by atoms with van der Waals surface area (Å²) in [4.78, 5) is 7.84. The van der Waals surface area contributed by atoms with Gasteiger partial charge in [-0.2, -0.15) is 0 Å². The van der Waals surface area contributed by atoms with Crippen molar-refractivity contribution in [1.82, 2.24) is 9.97 Å². The van der Waals surface area contributed by atoms with E-state index in [-0.39, 0.29) is 5.82 Å². The number of hydrogen-bond donors (Lipinski definition) is 3. The smallest absolute Gasteiger partial charge is 0.155 e. The van der Waals surface area contributed by atoms with E-state index in [0.717, 1.165) is 11.3 Å². The predicted molar refractivity (Wildman–Crippen MR) is 71.2 cm³/mol. The van der Waals surface area contributed by atoms with Gasteiger partial charge in [0.25, 0.3) is 0 Å². The summed E-state index contributed by atoms with van der Waals surface area (Å²) in [5.41, 5.74) is 12.8. The van der Waals surface area contributed by atoms with Gasteiger partial charge in [-0.15, -0.1) is 0 Å². The second-order valence-corrected chi connectivity index (χ2v) is 3.72. The van der Waals surface area contributed by atoms with Crippen LogP contribution in [0.1, 0.15) is 5.56 Å². The third-order valence-corrected chi connectivity index (χ3v) is 2.53. The van der Waals surface area contributed by atoms with Gasteiger partial charge in [0.2, 0.25) is 0 Å². The quantitative estimate of drug-likeness (QED) is 0.750. The van der Waals surface area contributed by atoms with Gasteiger partial charge in [0.15, 0.2) is 11.6 Å². The Morgan fingerprint density at radius 3 is 2.56 bits per heavy atom. The third-order valence-electron chi connectivity index (χ3n) is 2.53. The number of nitrogen functional groups attached to an aromatic ring is 2. The van der Waals surface area contributed by atoms with Gasteiger partial charge >= 0.3 is 0 Å². The number of rotatable bonds is 4. The van der Waals surface area contributed by atoms with E-state index in [1.54, 1.807) is 7.11 Å². The Morgan fingerprint density at radius 2 is 1.89 bits per heavy atom. The van der Waals surface area contributed by atoms with E-state index in [1.165, 1.54) is 6.33 Å². The molecule has 0 saturated heterocycles. The highest BCUT2D eigenvalue weighted by atomic mass is 16.5. The standard InChI is InChI=1S/C12H15N5O/c1-18-9-4-2-8(3-5-9)6-15-12-10(13)11(14)16-7-17-12/h2-5,7H,6,13H2,1H3,(H3,14,15,16,17). The van der Waals surface area contributed by atoms with Crippen LogP contribution in [0.3, 0.4) is 0 Å². The lowest BCUT2D eigenvalue weighted by Crippen LogP contribution is -2.07. The van der Waals surface area contributed by atoms with Gasteiger partial charge in [0.1, 0.15) is 17.8 Å². The molecular formula is C12H15N5O. The molecule has 0 radical (unpaired) electrons. The highest BCUT2D eigenvalue weighted by Gasteiger charge is 2.04. The molecule has 0 spiro atoms. The topological polar surface area (TPSA) is 99.1 Å². The van der Waals surface area contributed by atoms with Crippen molar-refractivity contribution in [2.45, 2.75) is 6.54 Å². The van der Waals surface area contributed by atoms with Crippen LogP contribution in [0, 0.1) is 0 Å². The minimum atomic E-state index is 0.280. The van der Waals surface area contributed by atoms with Crippen molar-refractivity contribution in [2.75, 3.05) is 23.9 Å². The van der Waals surface area contributed by atoms with Gasteiger partial charge in [-0.1, -0.05) is 12.1 Å². The molecule has 6 heteroatoms. The van der Waals surface area contributed by atoms with Crippen molar-refractivity contribution in [3.8, 4) is 5.75 Å². The SMILES string of the molecule is COc1ccc(CNc2ncnc(N)c2N)cc1. The molecular weight excluding hydrogens is 230 g/mol. The zero-order chi connectivity index (χ0) is 13.0. The molecule has 1 aromatic heterocycles. The lowest BCUT2D eigenvalue weighted by molar-refractivity contribution is 0.414. The van der Waals surface area contributed by atoms with E-state index >= 15 is 0 Å². The third kappa shape index (κ3) is 2.60. The molecule has 0 bridgehead atoms. The molecule has 0 unspecified atom stereocenters. The van der Waals surface area contributed by atoms with Crippen LogP contribution in [0.5, 0.6) is 5.75 Å². The molecule has 0 fully saturated rings. The Labute approximate surface area is 105 Å². The van der Waals surface area contributed by atoms with E-state index in [9.17, 15) is 0 Å². The van der Waals surface area contributed by atoms with Crippen molar-refractivity contribution < 1.29 is 4.74 Å². The average molecular weight is 245 g/mol. The van der Waals surface area contributed by atoms with Crippen LogP contribution in [0.2, 0.25) is 0 Å². The summed E-state index contributed by atoms with van der Waals surface area (Å²) in [7, 11) is 1.64. The molecule has 0 aliphatic rings. The number of nitrogens with two attached hydrogens (primary N) is 2. The minimum absolute atomic E-state index is 0.280. The normalized spacial score (nSPS) is 10.1. The fourth-order valence-corrected chi connectivity index (χ4v) is 1.48. The largest absolute Gasteiger partial charge is 0.497 e. The molecule has 0 amide bonds. The molecule has 0 aliphatic carbocycles. The first-order valence-electron chi connectivity index (χ1n) is 5.43. The first-order valence-corrected chi connectivity index (χ1v) is 5.43. The van der Waals surface area contributed by atoms with Gasteiger partial charge in [-0.25, -0.2) is 9.97 Å². The Morgan fingerprint density at radius 1 is 1.17 bits per heavy atom. The van der Waals surface area contributed by atoms with E-state index < -0.39 is 0 Å². The van der Waals surface area contributed by atoms with Crippen LogP contribution >= 0.6 is 0 Å². The monoisotopic (exact) mass is 245 g/mol. The molecule has 0 saturated carbocycles. The van der Waals surface area contributed by atoms with E-state index in [4.69, 9.17) is 16.2 Å². The molecule has 5 N–H and O–H groups in total. The van der Waals surface area contributed by atoms with Crippen LogP contribution in [-0.2, 0) is 6.54 Å². The second kappa shape index (κ2) is 5.22. The average Bonchev–Trinajstić information content (AvgIpc) is 2.41. The van der Waals surface area contributed by atoms with Crippen molar-refractivity contribution in [3.63, 3.8) is 0 Å². The number of ether oxygens (including phenoxy) is 1. The Hall–Kier alpha value is -2.50. The summed E-state index contributed by atoms with van der Waals surface area (Å²) in [5, 5.41) is 3.11. The van der Waals surface area contributed by atoms with Crippen molar-refractivity contribution in [3.05, 3.63) is 36.2 Å². The number of aromatic nitrogens is 2. The maximum Gasteiger partial charge on any atom is 0.155 e. The molecule has 6 nitrogen and oxygen atoms in total. The molecule has 18 heavy (non-hydrogen) atoms. The molecule has 1 heterocycles. The second-order valence-electron chi connectivity index (χ2n) is 3.72. The predicted octanol–water partition coefficient (Wildman–Crippen LogP) is 1.26. The fourth-order valence-electron chi connectivity index (χ4n) is 1.48. The number of anilines is 3. The van der Waals surface area contributed by atoms with Gasteiger partial charge in [0, 0.05) is 6.54 Å². The zero-order valence-corrected chi connectivity index (χ0v) is 10.1. The Bertz CT molecular complexity index is 526. The van der Waals surface area contributed by atoms with Crippen LogP contribution in [-0.4, -0.2) is 17.1 Å². The van der Waals surface area contributed by atoms with E-state index in [1.807, 2.05) is 24.3 Å². The number of nitrogens with one attached hydrogen (secondary N) is 1. The van der Waals surface area contributed by atoms with Crippen molar-refractivity contribution in [2.24, 2.45) is 0 Å². The summed E-state index contributed by atoms with van der Waals surface area (Å²) in [5.74, 6) is 1.64. The lowest BCUT2D eigenvalue weighted by Gasteiger charge is -2.09. The van der Waals surface area contributed by atoms with Crippen LogP contribution < -0.4 is 21.5 Å². The maximum absolute atomic E-state index is 5.76. The summed E-state index contributed by atoms with van der Waals surface area (Å²) in [6.07, 6.45) is 1.38. The lowest BCUT2D eigenvalue weighted by atomic mass is 10.2. The van der Waals surface area contributed by atoms with Crippen molar-refractivity contribution >= 4 is 17.3 Å². The van der Waals surface area contributed by atoms with E-state index in [2.05, 4.69) is 15.3 Å². The highest BCUT2D eigenvalue weighted by molar-refractivity contribution is 5.72. The minimum Gasteiger partial charge on any atom is -0.497 e. The Kier molecular flexibility index (Phi) is 3.47. The molecule has 2 rings (SSSR count). The van der Waals surface area contributed by atoms with E-state index in [0.29, 0.717) is 18.1 Å². The van der Waals surface area contributed by atoms with Crippen LogP contribution in [0.15, 0.2) is 30.6 Å². The molecule has 2 aromatic rings. The summed E-state index contributed by atoms with van der Waals surface area (Å²) in [6, 6.07) is 7.72. The van der Waals surface area contributed by atoms with Crippen LogP contribution in [0.4, 0.5) is 17.3 Å². The first kappa shape index (κ1) is 12.0. The maximum atomic E-state index is 5.76. The summed E-state index contributed by atoms with van der Waals surface area (Å²) >= 11 is 0. The number of nitrogens with zero attached hydrogens (tertiary/aromatic N) is 2.